The topological polar surface area (TPSA) is 83.8 Å². The highest BCUT2D eigenvalue weighted by Gasteiger charge is 2.54. The third-order valence-corrected chi connectivity index (χ3v) is 8.73. The quantitative estimate of drug-likeness (QED) is 0.255. The number of nitriles is 1. The summed E-state index contributed by atoms with van der Waals surface area (Å²) in [6.07, 6.45) is -0.900. The lowest BCUT2D eigenvalue weighted by atomic mass is 9.99. The number of benzene rings is 3. The van der Waals surface area contributed by atoms with Crippen molar-refractivity contribution in [2.45, 2.75) is 49.9 Å². The molecule has 0 radical (unpaired) electrons. The number of anilines is 2. The van der Waals surface area contributed by atoms with Crippen LogP contribution in [0, 0.1) is 16.7 Å². The van der Waals surface area contributed by atoms with Gasteiger partial charge in [0.2, 0.25) is 0 Å². The highest BCUT2D eigenvalue weighted by molar-refractivity contribution is 6.30. The Hall–Kier alpha value is -4.10. The number of methoxy groups -OCH3 is 1. The second kappa shape index (κ2) is 10.9. The van der Waals surface area contributed by atoms with E-state index in [1.165, 1.54) is 19.2 Å². The molecule has 3 aliphatic rings. The molecule has 1 heterocycles. The second-order valence-electron chi connectivity index (χ2n) is 11.6. The van der Waals surface area contributed by atoms with E-state index in [0.717, 1.165) is 31.2 Å². The van der Waals surface area contributed by atoms with Crippen LogP contribution in [0.25, 0.3) is 0 Å². The summed E-state index contributed by atoms with van der Waals surface area (Å²) in [5.74, 6) is 0.306. The van der Waals surface area contributed by atoms with Gasteiger partial charge in [0, 0.05) is 58.8 Å². The zero-order chi connectivity index (χ0) is 30.4. The first-order chi connectivity index (χ1) is 20.5. The number of nitrogens with one attached hydrogen (secondary N) is 1. The van der Waals surface area contributed by atoms with Gasteiger partial charge >= 0.3 is 6.36 Å². The minimum atomic E-state index is -4.85. The predicted molar refractivity (Wildman–Crippen MR) is 155 cm³/mol. The van der Waals surface area contributed by atoms with E-state index in [-0.39, 0.29) is 22.5 Å². The molecule has 3 aromatic carbocycles. The Morgan fingerprint density at radius 1 is 1.05 bits per heavy atom. The Labute approximate surface area is 252 Å². The lowest BCUT2D eigenvalue weighted by Gasteiger charge is -2.27. The van der Waals surface area contributed by atoms with E-state index < -0.39 is 12.4 Å². The van der Waals surface area contributed by atoms with Crippen LogP contribution in [0.2, 0.25) is 5.02 Å². The Kier molecular flexibility index (Phi) is 7.33. The number of alkyl halides is 3. The number of carbonyl (C=O) groups excluding carboxylic acids is 1. The maximum Gasteiger partial charge on any atom is 0.573 e. The standard InChI is InChI=1S/C32H29ClF3N3O4/c1-41-24-14-22(15-25(16-24)42-19-30(8-9-30)12-13-37)38-28(20-2-4-21(33)5-3-20)29(40)39-18-31(10-11-31)26-7-6-23(17-27(26)39)43-32(34,35)36/h2-7,14-17,28,38H,8-12,18-19H2,1H3. The lowest BCUT2D eigenvalue weighted by molar-refractivity contribution is -0.274. The molecule has 3 aromatic rings. The molecule has 7 nitrogen and oxygen atoms in total. The van der Waals surface area contributed by atoms with Crippen molar-refractivity contribution in [3.63, 3.8) is 0 Å². The van der Waals surface area contributed by atoms with E-state index in [9.17, 15) is 18.0 Å². The normalized spacial score (nSPS) is 17.9. The zero-order valence-electron chi connectivity index (χ0n) is 23.3. The van der Waals surface area contributed by atoms with Crippen molar-refractivity contribution in [3.8, 4) is 23.3 Å². The van der Waals surface area contributed by atoms with Gasteiger partial charge in [0.05, 0.1) is 25.5 Å². The molecule has 11 heteroatoms. The zero-order valence-corrected chi connectivity index (χ0v) is 24.1. The maximum absolute atomic E-state index is 14.4. The van der Waals surface area contributed by atoms with E-state index in [4.69, 9.17) is 26.3 Å². The van der Waals surface area contributed by atoms with Crippen LogP contribution in [0.1, 0.15) is 49.3 Å². The van der Waals surface area contributed by atoms with Crippen LogP contribution in [0.3, 0.4) is 0 Å². The molecule has 0 saturated heterocycles. The lowest BCUT2D eigenvalue weighted by Crippen LogP contribution is -2.38. The molecule has 0 aromatic heterocycles. The summed E-state index contributed by atoms with van der Waals surface area (Å²) in [6, 6.07) is 17.6. The van der Waals surface area contributed by atoms with Gasteiger partial charge in [-0.25, -0.2) is 0 Å². The minimum Gasteiger partial charge on any atom is -0.497 e. The molecule has 2 saturated carbocycles. The van der Waals surface area contributed by atoms with E-state index in [0.29, 0.717) is 53.0 Å². The van der Waals surface area contributed by atoms with Crippen LogP contribution in [0.15, 0.2) is 60.7 Å². The summed E-state index contributed by atoms with van der Waals surface area (Å²) in [5, 5.41) is 13.0. The van der Waals surface area contributed by atoms with Gasteiger partial charge in [-0.3, -0.25) is 4.79 Å². The van der Waals surface area contributed by atoms with Crippen molar-refractivity contribution in [1.82, 2.24) is 0 Å². The molecule has 224 valence electrons. The second-order valence-corrected chi connectivity index (χ2v) is 12.0. The van der Waals surface area contributed by atoms with Crippen LogP contribution in [-0.2, 0) is 10.2 Å². The minimum absolute atomic E-state index is 0.135. The first-order valence-corrected chi connectivity index (χ1v) is 14.3. The average molecular weight is 612 g/mol. The van der Waals surface area contributed by atoms with Crippen molar-refractivity contribution >= 4 is 28.9 Å². The van der Waals surface area contributed by atoms with Crippen LogP contribution < -0.4 is 24.4 Å². The molecule has 1 amide bonds. The van der Waals surface area contributed by atoms with E-state index >= 15 is 0 Å². The van der Waals surface area contributed by atoms with E-state index in [2.05, 4.69) is 16.1 Å². The van der Waals surface area contributed by atoms with Crippen molar-refractivity contribution < 1.29 is 32.2 Å². The van der Waals surface area contributed by atoms with E-state index in [1.54, 1.807) is 53.4 Å². The number of halogens is 4. The SMILES string of the molecule is COc1cc(NC(C(=O)N2CC3(CC3)c3ccc(OC(F)(F)F)cc32)c2ccc(Cl)cc2)cc(OCC2(CC#N)CC2)c1. The number of carbonyl (C=O) groups is 1. The Morgan fingerprint density at radius 2 is 1.77 bits per heavy atom. The van der Waals surface area contributed by atoms with Gasteiger partial charge in [-0.2, -0.15) is 5.26 Å². The number of hydrogen-bond donors (Lipinski definition) is 1. The molecular weight excluding hydrogens is 583 g/mol. The molecule has 6 rings (SSSR count). The number of hydrogen-bond acceptors (Lipinski definition) is 6. The maximum atomic E-state index is 14.4. The third kappa shape index (κ3) is 6.18. The summed E-state index contributed by atoms with van der Waals surface area (Å²) in [6.45, 7) is 0.748. The van der Waals surface area contributed by atoms with Crippen LogP contribution in [-0.4, -0.2) is 32.5 Å². The molecule has 0 bridgehead atoms. The fraction of sp³-hybridized carbons (Fsp3) is 0.375. The molecule has 2 aliphatic carbocycles. The van der Waals surface area contributed by atoms with Gasteiger partial charge in [-0.15, -0.1) is 13.2 Å². The predicted octanol–water partition coefficient (Wildman–Crippen LogP) is 7.55. The van der Waals surface area contributed by atoms with Crippen molar-refractivity contribution in [2.24, 2.45) is 5.41 Å². The molecule has 1 spiro atoms. The first-order valence-electron chi connectivity index (χ1n) is 13.9. The van der Waals surface area contributed by atoms with Gasteiger partial charge in [-0.05, 0) is 55.0 Å². The summed E-state index contributed by atoms with van der Waals surface area (Å²) in [4.78, 5) is 15.9. The summed E-state index contributed by atoms with van der Waals surface area (Å²) in [7, 11) is 1.53. The number of rotatable bonds is 10. The molecule has 2 fully saturated rings. The molecule has 1 N–H and O–H groups in total. The Balaban J connectivity index is 1.32. The monoisotopic (exact) mass is 611 g/mol. The molecule has 1 atom stereocenters. The molecule has 1 aliphatic heterocycles. The van der Waals surface area contributed by atoms with E-state index in [1.807, 2.05) is 0 Å². The molecule has 1 unspecified atom stereocenters. The first kappa shape index (κ1) is 29.0. The van der Waals surface area contributed by atoms with Crippen LogP contribution >= 0.6 is 11.6 Å². The number of amides is 1. The smallest absolute Gasteiger partial charge is 0.497 e. The van der Waals surface area contributed by atoms with Gasteiger partial charge in [0.1, 0.15) is 23.3 Å². The van der Waals surface area contributed by atoms with Gasteiger partial charge in [-0.1, -0.05) is 29.8 Å². The average Bonchev–Trinajstić information content (AvgIpc) is 3.89. The van der Waals surface area contributed by atoms with Gasteiger partial charge < -0.3 is 24.4 Å². The molecule has 43 heavy (non-hydrogen) atoms. The van der Waals surface area contributed by atoms with Crippen molar-refractivity contribution in [3.05, 3.63) is 76.8 Å². The highest BCUT2D eigenvalue weighted by Crippen LogP contribution is 2.57. The number of nitrogens with zero attached hydrogens (tertiary/aromatic N) is 2. The number of ether oxygens (including phenoxy) is 3. The fourth-order valence-electron chi connectivity index (χ4n) is 5.70. The number of fused-ring (bicyclic) bond motifs is 2. The summed E-state index contributed by atoms with van der Waals surface area (Å²) < 4.78 is 54.9. The van der Waals surface area contributed by atoms with Crippen molar-refractivity contribution in [1.29, 1.82) is 5.26 Å². The largest absolute Gasteiger partial charge is 0.573 e. The summed E-state index contributed by atoms with van der Waals surface area (Å²) in [5.41, 5.74) is 2.00. The Bertz CT molecular complexity index is 1580. The van der Waals surface area contributed by atoms with Gasteiger partial charge in [0.15, 0.2) is 0 Å². The van der Waals surface area contributed by atoms with Gasteiger partial charge in [0.25, 0.3) is 5.91 Å². The third-order valence-electron chi connectivity index (χ3n) is 8.48. The summed E-state index contributed by atoms with van der Waals surface area (Å²) >= 11 is 6.15. The fourth-order valence-corrected chi connectivity index (χ4v) is 5.83. The highest BCUT2D eigenvalue weighted by atomic mass is 35.5. The van der Waals surface area contributed by atoms with Crippen LogP contribution in [0.4, 0.5) is 24.5 Å². The molecular formula is C32H29ClF3N3O4. The van der Waals surface area contributed by atoms with Crippen LogP contribution in [0.5, 0.6) is 17.2 Å². The Morgan fingerprint density at radius 3 is 2.40 bits per heavy atom. The van der Waals surface area contributed by atoms with Crippen molar-refractivity contribution in [2.75, 3.05) is 30.5 Å².